The molecule has 4 rings (SSSR count). The van der Waals surface area contributed by atoms with Crippen molar-refractivity contribution in [2.24, 2.45) is 0 Å². The van der Waals surface area contributed by atoms with Gasteiger partial charge in [-0.15, -0.1) is 0 Å². The highest BCUT2D eigenvalue weighted by Gasteiger charge is 2.33. The first-order chi connectivity index (χ1) is 13.4. The molecule has 0 saturated carbocycles. The minimum atomic E-state index is -0.624. The van der Waals surface area contributed by atoms with Gasteiger partial charge >= 0.3 is 5.97 Å². The minimum Gasteiger partial charge on any atom is -0.456 e. The molecule has 0 N–H and O–H groups in total. The maximum atomic E-state index is 12.4. The molecule has 0 spiro atoms. The Hall–Kier alpha value is -3.25. The zero-order valence-corrected chi connectivity index (χ0v) is 15.9. The van der Waals surface area contributed by atoms with Gasteiger partial charge in [-0.05, 0) is 36.8 Å². The Labute approximate surface area is 165 Å². The van der Waals surface area contributed by atoms with Crippen LogP contribution < -0.4 is 0 Å². The van der Waals surface area contributed by atoms with E-state index in [9.17, 15) is 14.4 Å². The number of carbonyl (C=O) groups excluding carboxylic acids is 3. The summed E-state index contributed by atoms with van der Waals surface area (Å²) < 4.78 is 5.35. The van der Waals surface area contributed by atoms with Gasteiger partial charge in [0.05, 0.1) is 32.9 Å². The summed E-state index contributed by atoms with van der Waals surface area (Å²) in [6.07, 6.45) is 0. The summed E-state index contributed by atoms with van der Waals surface area (Å²) in [4.78, 5) is 42.0. The largest absolute Gasteiger partial charge is 0.456 e. The SMILES string of the molecule is Cc1c(Cl)c(COC(=O)c2ccc3c(c2)C(=O)N(C)C3=O)nc2ccccc12. The number of rotatable bonds is 3. The van der Waals surface area contributed by atoms with E-state index in [1.54, 1.807) is 0 Å². The molecule has 2 amide bonds. The third-order valence-electron chi connectivity index (χ3n) is 4.81. The van der Waals surface area contributed by atoms with Gasteiger partial charge in [-0.2, -0.15) is 0 Å². The average Bonchev–Trinajstić information content (AvgIpc) is 2.93. The predicted octanol–water partition coefficient (Wildman–Crippen LogP) is 3.78. The van der Waals surface area contributed by atoms with Crippen LogP contribution >= 0.6 is 11.6 Å². The average molecular weight is 395 g/mol. The number of ether oxygens (including phenoxy) is 1. The lowest BCUT2D eigenvalue weighted by atomic mass is 10.1. The summed E-state index contributed by atoms with van der Waals surface area (Å²) in [6, 6.07) is 11.9. The van der Waals surface area contributed by atoms with E-state index >= 15 is 0 Å². The van der Waals surface area contributed by atoms with E-state index < -0.39 is 11.9 Å². The standard InChI is InChI=1S/C21H15ClN2O4/c1-11-13-5-3-4-6-16(13)23-17(18(11)22)10-28-21(27)12-7-8-14-15(9-12)20(26)24(2)19(14)25/h3-9H,10H2,1-2H3. The molecule has 0 unspecified atom stereocenters. The van der Waals surface area contributed by atoms with E-state index in [0.29, 0.717) is 10.7 Å². The number of imide groups is 1. The van der Waals surface area contributed by atoms with Crippen molar-refractivity contribution in [2.75, 3.05) is 7.05 Å². The number of hydrogen-bond acceptors (Lipinski definition) is 5. The molecule has 1 aromatic heterocycles. The molecule has 3 aromatic rings. The molecule has 0 atom stereocenters. The number of halogens is 1. The Bertz CT molecular complexity index is 1170. The van der Waals surface area contributed by atoms with Crippen molar-refractivity contribution in [3.63, 3.8) is 0 Å². The number of aryl methyl sites for hydroxylation is 1. The predicted molar refractivity (Wildman–Crippen MR) is 103 cm³/mol. The van der Waals surface area contributed by atoms with Crippen LogP contribution in [0.15, 0.2) is 42.5 Å². The molecular weight excluding hydrogens is 380 g/mol. The molecule has 28 heavy (non-hydrogen) atoms. The van der Waals surface area contributed by atoms with Gasteiger partial charge in [-0.25, -0.2) is 9.78 Å². The van der Waals surface area contributed by atoms with Gasteiger partial charge in [0.2, 0.25) is 0 Å². The fourth-order valence-electron chi connectivity index (χ4n) is 3.22. The Morgan fingerprint density at radius 3 is 2.61 bits per heavy atom. The highest BCUT2D eigenvalue weighted by molar-refractivity contribution is 6.32. The molecule has 1 aliphatic rings. The number of hydrogen-bond donors (Lipinski definition) is 0. The molecule has 0 fully saturated rings. The van der Waals surface area contributed by atoms with Crippen molar-refractivity contribution in [1.82, 2.24) is 9.88 Å². The molecule has 0 bridgehead atoms. The lowest BCUT2D eigenvalue weighted by Gasteiger charge is -2.11. The maximum absolute atomic E-state index is 12.4. The first-order valence-corrected chi connectivity index (χ1v) is 8.93. The summed E-state index contributed by atoms with van der Waals surface area (Å²) >= 11 is 6.39. The lowest BCUT2D eigenvalue weighted by molar-refractivity contribution is 0.0468. The molecule has 6 nitrogen and oxygen atoms in total. The van der Waals surface area contributed by atoms with Gasteiger partial charge in [0.15, 0.2) is 0 Å². The Kier molecular flexibility index (Phi) is 4.35. The number of aromatic nitrogens is 1. The molecule has 7 heteroatoms. The van der Waals surface area contributed by atoms with Crippen molar-refractivity contribution < 1.29 is 19.1 Å². The first-order valence-electron chi connectivity index (χ1n) is 8.55. The number of esters is 1. The summed E-state index contributed by atoms with van der Waals surface area (Å²) in [5, 5.41) is 1.39. The number of amides is 2. The second-order valence-electron chi connectivity index (χ2n) is 6.52. The highest BCUT2D eigenvalue weighted by Crippen LogP contribution is 2.28. The van der Waals surface area contributed by atoms with E-state index in [1.807, 2.05) is 31.2 Å². The number of pyridine rings is 1. The van der Waals surface area contributed by atoms with Crippen LogP contribution in [0.25, 0.3) is 10.9 Å². The molecule has 0 saturated heterocycles. The second-order valence-corrected chi connectivity index (χ2v) is 6.90. The van der Waals surface area contributed by atoms with Gasteiger partial charge in [0.25, 0.3) is 11.8 Å². The molecule has 2 aromatic carbocycles. The van der Waals surface area contributed by atoms with E-state index in [-0.39, 0.29) is 29.2 Å². The van der Waals surface area contributed by atoms with Crippen molar-refractivity contribution in [3.8, 4) is 0 Å². The summed E-state index contributed by atoms with van der Waals surface area (Å²) in [5.74, 6) is -1.45. The second kappa shape index (κ2) is 6.73. The van der Waals surface area contributed by atoms with Gasteiger partial charge in [0.1, 0.15) is 6.61 Å². The van der Waals surface area contributed by atoms with Gasteiger partial charge < -0.3 is 4.74 Å². The van der Waals surface area contributed by atoms with Crippen LogP contribution in [0.1, 0.15) is 42.3 Å². The van der Waals surface area contributed by atoms with Crippen molar-refractivity contribution in [2.45, 2.75) is 13.5 Å². The summed E-state index contributed by atoms with van der Waals surface area (Å²) in [5.41, 5.74) is 2.74. The topological polar surface area (TPSA) is 76.6 Å². The van der Waals surface area contributed by atoms with Crippen molar-refractivity contribution in [1.29, 1.82) is 0 Å². The molecular formula is C21H15ClN2O4. The number of carbonyl (C=O) groups is 3. The summed E-state index contributed by atoms with van der Waals surface area (Å²) in [6.45, 7) is 1.78. The number of benzene rings is 2. The van der Waals surface area contributed by atoms with Crippen LogP contribution in [0, 0.1) is 6.92 Å². The van der Waals surface area contributed by atoms with Crippen LogP contribution in [0.3, 0.4) is 0 Å². The van der Waals surface area contributed by atoms with Gasteiger partial charge in [-0.1, -0.05) is 29.8 Å². The van der Waals surface area contributed by atoms with Crippen LogP contribution in [0.4, 0.5) is 0 Å². The zero-order chi connectivity index (χ0) is 20.0. The molecule has 0 aliphatic carbocycles. The van der Waals surface area contributed by atoms with Crippen molar-refractivity contribution in [3.05, 3.63) is 75.4 Å². The fourth-order valence-corrected chi connectivity index (χ4v) is 3.42. The number of para-hydroxylation sites is 1. The van der Waals surface area contributed by atoms with Crippen LogP contribution in [0.5, 0.6) is 0 Å². The minimum absolute atomic E-state index is 0.104. The lowest BCUT2D eigenvalue weighted by Crippen LogP contribution is -2.24. The quantitative estimate of drug-likeness (QED) is 0.499. The monoisotopic (exact) mass is 394 g/mol. The fraction of sp³-hybridized carbons (Fsp3) is 0.143. The molecule has 0 radical (unpaired) electrons. The first kappa shape index (κ1) is 18.1. The summed E-state index contributed by atoms with van der Waals surface area (Å²) in [7, 11) is 1.40. The third kappa shape index (κ3) is 2.82. The van der Waals surface area contributed by atoms with E-state index in [1.165, 1.54) is 25.2 Å². The molecule has 140 valence electrons. The normalized spacial score (nSPS) is 13.2. The van der Waals surface area contributed by atoms with Crippen LogP contribution in [-0.2, 0) is 11.3 Å². The number of nitrogens with zero attached hydrogens (tertiary/aromatic N) is 2. The smallest absolute Gasteiger partial charge is 0.338 e. The van der Waals surface area contributed by atoms with Crippen LogP contribution in [0.2, 0.25) is 5.02 Å². The maximum Gasteiger partial charge on any atom is 0.338 e. The van der Waals surface area contributed by atoms with Gasteiger partial charge in [-0.3, -0.25) is 14.5 Å². The van der Waals surface area contributed by atoms with Crippen molar-refractivity contribution >= 4 is 40.3 Å². The highest BCUT2D eigenvalue weighted by atomic mass is 35.5. The molecule has 2 heterocycles. The van der Waals surface area contributed by atoms with E-state index in [2.05, 4.69) is 4.98 Å². The number of fused-ring (bicyclic) bond motifs is 2. The Morgan fingerprint density at radius 1 is 1.11 bits per heavy atom. The van der Waals surface area contributed by atoms with E-state index in [4.69, 9.17) is 16.3 Å². The van der Waals surface area contributed by atoms with Gasteiger partial charge in [0, 0.05) is 12.4 Å². The molecule has 1 aliphatic heterocycles. The van der Waals surface area contributed by atoms with E-state index in [0.717, 1.165) is 21.4 Å². The third-order valence-corrected chi connectivity index (χ3v) is 5.31. The van der Waals surface area contributed by atoms with Crippen LogP contribution in [-0.4, -0.2) is 34.7 Å². The Balaban J connectivity index is 1.58. The zero-order valence-electron chi connectivity index (χ0n) is 15.2. The Morgan fingerprint density at radius 2 is 1.82 bits per heavy atom.